The molecule has 0 bridgehead atoms. The standard InChI is InChI=1S/C13H20BrNO2S/c1-10-6-7-12(11(14)8-10)18(16,17)15(5)9-13(2,3)4/h6-8H,9H2,1-5H3. The summed E-state index contributed by atoms with van der Waals surface area (Å²) >= 11 is 3.33. The zero-order valence-electron chi connectivity index (χ0n) is 11.5. The maximum atomic E-state index is 12.4. The van der Waals surface area contributed by atoms with Crippen LogP contribution in [0.3, 0.4) is 0 Å². The van der Waals surface area contributed by atoms with Crippen molar-refractivity contribution in [3.8, 4) is 0 Å². The lowest BCUT2D eigenvalue weighted by Crippen LogP contribution is -2.34. The Labute approximate surface area is 118 Å². The normalized spacial score (nSPS) is 13.1. The van der Waals surface area contributed by atoms with Gasteiger partial charge in [-0.25, -0.2) is 12.7 Å². The Morgan fingerprint density at radius 2 is 1.83 bits per heavy atom. The molecule has 5 heteroatoms. The third-order valence-corrected chi connectivity index (χ3v) is 5.25. The van der Waals surface area contributed by atoms with Gasteiger partial charge in [0.1, 0.15) is 0 Å². The minimum atomic E-state index is -3.43. The SMILES string of the molecule is Cc1ccc(S(=O)(=O)N(C)CC(C)(C)C)c(Br)c1. The molecule has 3 nitrogen and oxygen atoms in total. The quantitative estimate of drug-likeness (QED) is 0.849. The first-order valence-corrected chi connectivity index (χ1v) is 8.00. The second-order valence-corrected chi connectivity index (χ2v) is 8.62. The van der Waals surface area contributed by atoms with Gasteiger partial charge in [-0.05, 0) is 46.0 Å². The van der Waals surface area contributed by atoms with E-state index in [-0.39, 0.29) is 5.41 Å². The summed E-state index contributed by atoms with van der Waals surface area (Å²) in [6.45, 7) is 8.46. The number of rotatable bonds is 3. The maximum Gasteiger partial charge on any atom is 0.243 e. The average molecular weight is 334 g/mol. The third-order valence-electron chi connectivity index (χ3n) is 2.47. The molecule has 0 aliphatic carbocycles. The van der Waals surface area contributed by atoms with Crippen LogP contribution >= 0.6 is 15.9 Å². The predicted molar refractivity (Wildman–Crippen MR) is 78.1 cm³/mol. The van der Waals surface area contributed by atoms with E-state index in [2.05, 4.69) is 15.9 Å². The van der Waals surface area contributed by atoms with Crippen LogP contribution in [0.1, 0.15) is 26.3 Å². The van der Waals surface area contributed by atoms with Crippen molar-refractivity contribution < 1.29 is 8.42 Å². The molecule has 0 spiro atoms. The van der Waals surface area contributed by atoms with Crippen LogP contribution in [0, 0.1) is 12.3 Å². The first kappa shape index (κ1) is 15.7. The van der Waals surface area contributed by atoms with Crippen LogP contribution in [0.4, 0.5) is 0 Å². The van der Waals surface area contributed by atoms with Gasteiger partial charge in [0, 0.05) is 18.1 Å². The van der Waals surface area contributed by atoms with Crippen molar-refractivity contribution >= 4 is 26.0 Å². The molecule has 0 saturated heterocycles. The minimum Gasteiger partial charge on any atom is -0.207 e. The van der Waals surface area contributed by atoms with E-state index in [0.29, 0.717) is 15.9 Å². The molecule has 0 amide bonds. The zero-order valence-corrected chi connectivity index (χ0v) is 13.9. The van der Waals surface area contributed by atoms with Gasteiger partial charge in [-0.15, -0.1) is 0 Å². The molecule has 0 fully saturated rings. The topological polar surface area (TPSA) is 37.4 Å². The number of halogens is 1. The smallest absolute Gasteiger partial charge is 0.207 e. The van der Waals surface area contributed by atoms with Crippen LogP contribution < -0.4 is 0 Å². The molecule has 1 rings (SSSR count). The van der Waals surface area contributed by atoms with Crippen molar-refractivity contribution in [2.24, 2.45) is 5.41 Å². The van der Waals surface area contributed by atoms with Crippen LogP contribution in [0.5, 0.6) is 0 Å². The Morgan fingerprint density at radius 3 is 2.28 bits per heavy atom. The van der Waals surface area contributed by atoms with Gasteiger partial charge < -0.3 is 0 Å². The van der Waals surface area contributed by atoms with E-state index < -0.39 is 10.0 Å². The molecule has 102 valence electrons. The number of hydrogen-bond acceptors (Lipinski definition) is 2. The van der Waals surface area contributed by atoms with Crippen molar-refractivity contribution in [2.45, 2.75) is 32.6 Å². The molecule has 0 heterocycles. The number of hydrogen-bond donors (Lipinski definition) is 0. The molecular weight excluding hydrogens is 314 g/mol. The van der Waals surface area contributed by atoms with Gasteiger partial charge in [0.15, 0.2) is 0 Å². The van der Waals surface area contributed by atoms with Crippen molar-refractivity contribution in [3.05, 3.63) is 28.2 Å². The van der Waals surface area contributed by atoms with E-state index in [9.17, 15) is 8.42 Å². The van der Waals surface area contributed by atoms with Crippen molar-refractivity contribution in [1.29, 1.82) is 0 Å². The molecule has 1 aromatic rings. The van der Waals surface area contributed by atoms with E-state index in [4.69, 9.17) is 0 Å². The summed E-state index contributed by atoms with van der Waals surface area (Å²) in [7, 11) is -1.82. The molecule has 0 aliphatic rings. The fourth-order valence-corrected chi connectivity index (χ4v) is 4.28. The predicted octanol–water partition coefficient (Wildman–Crippen LogP) is 3.42. The first-order chi connectivity index (χ1) is 8.04. The Balaban J connectivity index is 3.14. The summed E-state index contributed by atoms with van der Waals surface area (Å²) in [5, 5.41) is 0. The summed E-state index contributed by atoms with van der Waals surface area (Å²) in [6.07, 6.45) is 0. The van der Waals surface area contributed by atoms with E-state index in [0.717, 1.165) is 5.56 Å². The molecule has 0 aliphatic heterocycles. The summed E-state index contributed by atoms with van der Waals surface area (Å²) in [6, 6.07) is 5.27. The van der Waals surface area contributed by atoms with Gasteiger partial charge in [0.2, 0.25) is 10.0 Å². The molecular formula is C13H20BrNO2S. The fourth-order valence-electron chi connectivity index (χ4n) is 1.74. The molecule has 0 radical (unpaired) electrons. The van der Waals surface area contributed by atoms with E-state index in [1.54, 1.807) is 13.1 Å². The van der Waals surface area contributed by atoms with Gasteiger partial charge in [0.25, 0.3) is 0 Å². The number of benzene rings is 1. The lowest BCUT2D eigenvalue weighted by Gasteiger charge is -2.26. The van der Waals surface area contributed by atoms with Crippen LogP contribution in [0.2, 0.25) is 0 Å². The Morgan fingerprint density at radius 1 is 1.28 bits per heavy atom. The Kier molecular flexibility index (Phi) is 4.62. The second kappa shape index (κ2) is 5.31. The average Bonchev–Trinajstić information content (AvgIpc) is 2.13. The van der Waals surface area contributed by atoms with Crippen molar-refractivity contribution in [2.75, 3.05) is 13.6 Å². The number of aryl methyl sites for hydroxylation is 1. The minimum absolute atomic E-state index is 0.0704. The van der Waals surface area contributed by atoms with Crippen molar-refractivity contribution in [3.63, 3.8) is 0 Å². The highest BCUT2D eigenvalue weighted by Crippen LogP contribution is 2.27. The maximum absolute atomic E-state index is 12.4. The van der Waals surface area contributed by atoms with Gasteiger partial charge in [0.05, 0.1) is 4.90 Å². The third kappa shape index (κ3) is 3.80. The highest BCUT2D eigenvalue weighted by atomic mass is 79.9. The van der Waals surface area contributed by atoms with Gasteiger partial charge in [-0.2, -0.15) is 0 Å². The van der Waals surface area contributed by atoms with Gasteiger partial charge in [-0.1, -0.05) is 26.8 Å². The van der Waals surface area contributed by atoms with Crippen LogP contribution in [0.15, 0.2) is 27.6 Å². The van der Waals surface area contributed by atoms with E-state index in [1.165, 1.54) is 4.31 Å². The lowest BCUT2D eigenvalue weighted by molar-refractivity contribution is 0.310. The van der Waals surface area contributed by atoms with Gasteiger partial charge >= 0.3 is 0 Å². The first-order valence-electron chi connectivity index (χ1n) is 5.76. The largest absolute Gasteiger partial charge is 0.243 e. The summed E-state index contributed by atoms with van der Waals surface area (Å²) in [4.78, 5) is 0.319. The van der Waals surface area contributed by atoms with Crippen LogP contribution in [-0.4, -0.2) is 26.3 Å². The molecule has 0 atom stereocenters. The summed E-state index contributed by atoms with van der Waals surface area (Å²) in [5.41, 5.74) is 0.957. The summed E-state index contributed by atoms with van der Waals surface area (Å²) in [5.74, 6) is 0. The fraction of sp³-hybridized carbons (Fsp3) is 0.538. The monoisotopic (exact) mass is 333 g/mol. The summed E-state index contributed by atoms with van der Waals surface area (Å²) < 4.78 is 26.9. The van der Waals surface area contributed by atoms with Gasteiger partial charge in [-0.3, -0.25) is 0 Å². The highest BCUT2D eigenvalue weighted by Gasteiger charge is 2.26. The second-order valence-electron chi connectivity index (χ2n) is 5.76. The van der Waals surface area contributed by atoms with E-state index in [1.807, 2.05) is 39.8 Å². The molecule has 1 aromatic carbocycles. The Bertz CT molecular complexity index is 532. The van der Waals surface area contributed by atoms with Crippen LogP contribution in [-0.2, 0) is 10.0 Å². The number of nitrogens with zero attached hydrogens (tertiary/aromatic N) is 1. The number of sulfonamides is 1. The highest BCUT2D eigenvalue weighted by molar-refractivity contribution is 9.10. The molecule has 0 aromatic heterocycles. The molecule has 18 heavy (non-hydrogen) atoms. The zero-order chi connectivity index (χ0) is 14.1. The van der Waals surface area contributed by atoms with E-state index >= 15 is 0 Å². The molecule has 0 unspecified atom stereocenters. The molecule has 0 saturated carbocycles. The Hall–Kier alpha value is -0.390. The van der Waals surface area contributed by atoms with Crippen LogP contribution in [0.25, 0.3) is 0 Å². The molecule has 0 N–H and O–H groups in total. The van der Waals surface area contributed by atoms with Crippen molar-refractivity contribution in [1.82, 2.24) is 4.31 Å². The lowest BCUT2D eigenvalue weighted by atomic mass is 9.97.